The quantitative estimate of drug-likeness (QED) is 0.847. The molecule has 0 radical (unpaired) electrons. The molecule has 3 heteroatoms. The molecule has 2 rings (SSSR count). The zero-order valence-corrected chi connectivity index (χ0v) is 13.3. The maximum atomic E-state index is 11.8. The van der Waals surface area contributed by atoms with Crippen LogP contribution in [-0.2, 0) is 17.8 Å². The lowest BCUT2D eigenvalue weighted by Crippen LogP contribution is -2.24. The van der Waals surface area contributed by atoms with Gasteiger partial charge in [-0.15, -0.1) is 0 Å². The Kier molecular flexibility index (Phi) is 6.01. The Balaban J connectivity index is 1.67. The molecule has 0 atom stereocenters. The summed E-state index contributed by atoms with van der Waals surface area (Å²) < 4.78 is 5.58. The Hall–Kier alpha value is -2.29. The van der Waals surface area contributed by atoms with Crippen LogP contribution in [0.2, 0.25) is 0 Å². The third kappa shape index (κ3) is 5.24. The molecule has 0 spiro atoms. The highest BCUT2D eigenvalue weighted by molar-refractivity contribution is 5.75. The second kappa shape index (κ2) is 8.23. The number of hydrogen-bond acceptors (Lipinski definition) is 2. The van der Waals surface area contributed by atoms with Crippen molar-refractivity contribution in [3.63, 3.8) is 0 Å². The highest BCUT2D eigenvalue weighted by atomic mass is 16.5. The molecule has 3 nitrogen and oxygen atoms in total. The van der Waals surface area contributed by atoms with Gasteiger partial charge in [0.1, 0.15) is 5.75 Å². The van der Waals surface area contributed by atoms with Gasteiger partial charge >= 0.3 is 0 Å². The van der Waals surface area contributed by atoms with E-state index in [-0.39, 0.29) is 5.91 Å². The summed E-state index contributed by atoms with van der Waals surface area (Å²) in [4.78, 5) is 11.8. The van der Waals surface area contributed by atoms with Gasteiger partial charge in [-0.25, -0.2) is 0 Å². The summed E-state index contributed by atoms with van der Waals surface area (Å²) in [6.07, 6.45) is 1.38. The average Bonchev–Trinajstić information content (AvgIpc) is 2.55. The fourth-order valence-electron chi connectivity index (χ4n) is 2.08. The summed E-state index contributed by atoms with van der Waals surface area (Å²) in [6.45, 7) is 5.12. The Morgan fingerprint density at radius 1 is 1.00 bits per heavy atom. The van der Waals surface area contributed by atoms with Crippen LogP contribution < -0.4 is 10.1 Å². The summed E-state index contributed by atoms with van der Waals surface area (Å²) in [6, 6.07) is 16.1. The fourth-order valence-corrected chi connectivity index (χ4v) is 2.08. The normalized spacial score (nSPS) is 10.3. The molecule has 0 bridgehead atoms. The van der Waals surface area contributed by atoms with Gasteiger partial charge < -0.3 is 10.1 Å². The van der Waals surface area contributed by atoms with Gasteiger partial charge in [0, 0.05) is 6.54 Å². The number of ether oxygens (including phenoxy) is 1. The first-order valence-electron chi connectivity index (χ1n) is 7.71. The molecule has 1 amide bonds. The van der Waals surface area contributed by atoms with Crippen LogP contribution in [0.15, 0.2) is 48.5 Å². The van der Waals surface area contributed by atoms with Gasteiger partial charge in [0.25, 0.3) is 0 Å². The average molecular weight is 297 g/mol. The molecule has 1 N–H and O–H groups in total. The summed E-state index contributed by atoms with van der Waals surface area (Å²) >= 11 is 0. The summed E-state index contributed by atoms with van der Waals surface area (Å²) in [5.41, 5.74) is 3.61. The van der Waals surface area contributed by atoms with Crippen molar-refractivity contribution in [2.45, 2.75) is 33.2 Å². The summed E-state index contributed by atoms with van der Waals surface area (Å²) in [5, 5.41) is 2.90. The second-order valence-corrected chi connectivity index (χ2v) is 5.36. The number of benzene rings is 2. The van der Waals surface area contributed by atoms with Crippen LogP contribution in [0.25, 0.3) is 0 Å². The SMILES string of the molecule is CCc1ccc(OCCC(=O)NCc2ccc(C)cc2)cc1. The highest BCUT2D eigenvalue weighted by Crippen LogP contribution is 2.12. The van der Waals surface area contributed by atoms with E-state index in [0.717, 1.165) is 17.7 Å². The molecule has 2 aromatic rings. The van der Waals surface area contributed by atoms with Gasteiger partial charge in [-0.3, -0.25) is 4.79 Å². The number of amides is 1. The number of carbonyl (C=O) groups excluding carboxylic acids is 1. The topological polar surface area (TPSA) is 38.3 Å². The lowest BCUT2D eigenvalue weighted by molar-refractivity contribution is -0.121. The molecule has 0 fully saturated rings. The van der Waals surface area contributed by atoms with E-state index in [0.29, 0.717) is 19.6 Å². The van der Waals surface area contributed by atoms with Crippen LogP contribution in [-0.4, -0.2) is 12.5 Å². The van der Waals surface area contributed by atoms with Gasteiger partial charge in [-0.1, -0.05) is 48.9 Å². The van der Waals surface area contributed by atoms with E-state index in [1.807, 2.05) is 55.5 Å². The van der Waals surface area contributed by atoms with Crippen molar-refractivity contribution in [3.8, 4) is 5.75 Å². The van der Waals surface area contributed by atoms with E-state index in [2.05, 4.69) is 12.2 Å². The Labute approximate surface area is 132 Å². The molecule has 0 saturated heterocycles. The predicted molar refractivity (Wildman–Crippen MR) is 89.0 cm³/mol. The first kappa shape index (κ1) is 16.1. The van der Waals surface area contributed by atoms with E-state index >= 15 is 0 Å². The molecular weight excluding hydrogens is 274 g/mol. The van der Waals surface area contributed by atoms with Gasteiger partial charge in [-0.05, 0) is 36.6 Å². The van der Waals surface area contributed by atoms with Gasteiger partial charge in [0.05, 0.1) is 13.0 Å². The second-order valence-electron chi connectivity index (χ2n) is 5.36. The van der Waals surface area contributed by atoms with Gasteiger partial charge in [-0.2, -0.15) is 0 Å². The molecule has 0 aliphatic carbocycles. The number of hydrogen-bond donors (Lipinski definition) is 1. The van der Waals surface area contributed by atoms with Crippen LogP contribution >= 0.6 is 0 Å². The van der Waals surface area contributed by atoms with E-state index in [4.69, 9.17) is 4.74 Å². The molecule has 22 heavy (non-hydrogen) atoms. The number of aryl methyl sites for hydroxylation is 2. The van der Waals surface area contributed by atoms with Crippen molar-refractivity contribution in [1.82, 2.24) is 5.32 Å². The van der Waals surface area contributed by atoms with E-state index in [9.17, 15) is 4.79 Å². The standard InChI is InChI=1S/C19H23NO2/c1-3-16-8-10-18(11-9-16)22-13-12-19(21)20-14-17-6-4-15(2)5-7-17/h4-11H,3,12-14H2,1-2H3,(H,20,21). The Bertz CT molecular complexity index is 588. The van der Waals surface area contributed by atoms with Crippen molar-refractivity contribution < 1.29 is 9.53 Å². The molecule has 116 valence electrons. The number of rotatable bonds is 7. The van der Waals surface area contributed by atoms with Gasteiger partial charge in [0.2, 0.25) is 5.91 Å². The first-order chi connectivity index (χ1) is 10.7. The zero-order chi connectivity index (χ0) is 15.8. The lowest BCUT2D eigenvalue weighted by Gasteiger charge is -2.08. The minimum atomic E-state index is 0.00533. The third-order valence-corrected chi connectivity index (χ3v) is 3.54. The van der Waals surface area contributed by atoms with Crippen LogP contribution in [0.5, 0.6) is 5.75 Å². The minimum Gasteiger partial charge on any atom is -0.493 e. The highest BCUT2D eigenvalue weighted by Gasteiger charge is 2.02. The Morgan fingerprint density at radius 2 is 1.64 bits per heavy atom. The van der Waals surface area contributed by atoms with Crippen molar-refractivity contribution in [3.05, 3.63) is 65.2 Å². The van der Waals surface area contributed by atoms with Crippen LogP contribution in [0.4, 0.5) is 0 Å². The Morgan fingerprint density at radius 3 is 2.27 bits per heavy atom. The van der Waals surface area contributed by atoms with Gasteiger partial charge in [0.15, 0.2) is 0 Å². The van der Waals surface area contributed by atoms with Crippen LogP contribution in [0.1, 0.15) is 30.0 Å². The van der Waals surface area contributed by atoms with Crippen molar-refractivity contribution in [2.24, 2.45) is 0 Å². The monoisotopic (exact) mass is 297 g/mol. The predicted octanol–water partition coefficient (Wildman–Crippen LogP) is 3.64. The van der Waals surface area contributed by atoms with Crippen molar-refractivity contribution in [1.29, 1.82) is 0 Å². The number of nitrogens with one attached hydrogen (secondary N) is 1. The molecule has 0 unspecified atom stereocenters. The smallest absolute Gasteiger partial charge is 0.223 e. The first-order valence-corrected chi connectivity index (χ1v) is 7.71. The molecule has 0 saturated carbocycles. The minimum absolute atomic E-state index is 0.00533. The van der Waals surface area contributed by atoms with Crippen LogP contribution in [0.3, 0.4) is 0 Å². The molecule has 0 heterocycles. The number of carbonyl (C=O) groups is 1. The van der Waals surface area contributed by atoms with E-state index in [1.165, 1.54) is 11.1 Å². The summed E-state index contributed by atoms with van der Waals surface area (Å²) in [7, 11) is 0. The fraction of sp³-hybridized carbons (Fsp3) is 0.316. The molecular formula is C19H23NO2. The van der Waals surface area contributed by atoms with Crippen molar-refractivity contribution in [2.75, 3.05) is 6.61 Å². The van der Waals surface area contributed by atoms with E-state index < -0.39 is 0 Å². The zero-order valence-electron chi connectivity index (χ0n) is 13.3. The third-order valence-electron chi connectivity index (χ3n) is 3.54. The van der Waals surface area contributed by atoms with Crippen LogP contribution in [0, 0.1) is 6.92 Å². The van der Waals surface area contributed by atoms with E-state index in [1.54, 1.807) is 0 Å². The maximum Gasteiger partial charge on any atom is 0.223 e. The molecule has 0 aromatic heterocycles. The largest absolute Gasteiger partial charge is 0.493 e. The molecule has 0 aliphatic heterocycles. The molecule has 0 aliphatic rings. The molecule has 2 aromatic carbocycles. The lowest BCUT2D eigenvalue weighted by atomic mass is 10.1. The summed E-state index contributed by atoms with van der Waals surface area (Å²) in [5.74, 6) is 0.814. The van der Waals surface area contributed by atoms with Crippen molar-refractivity contribution >= 4 is 5.91 Å². The maximum absolute atomic E-state index is 11.8.